The van der Waals surface area contributed by atoms with Crippen LogP contribution in [0.25, 0.3) is 0 Å². The molecule has 0 spiro atoms. The summed E-state index contributed by atoms with van der Waals surface area (Å²) in [5.74, 6) is 0. The van der Waals surface area contributed by atoms with Crippen molar-refractivity contribution in [3.05, 3.63) is 36.3 Å². The largest absolute Gasteiger partial charge is 0.313 e. The van der Waals surface area contributed by atoms with E-state index < -0.39 is 0 Å². The highest BCUT2D eigenvalue weighted by molar-refractivity contribution is 7.99. The third-order valence-corrected chi connectivity index (χ3v) is 3.35. The molecular formula is C13H18N4S. The summed E-state index contributed by atoms with van der Waals surface area (Å²) in [6, 6.07) is 4.18. The zero-order valence-electron chi connectivity index (χ0n) is 10.8. The van der Waals surface area contributed by atoms with Crippen molar-refractivity contribution in [2.45, 2.75) is 29.8 Å². The lowest BCUT2D eigenvalue weighted by Crippen LogP contribution is -2.13. The van der Waals surface area contributed by atoms with Gasteiger partial charge < -0.3 is 5.32 Å². The molecule has 0 aromatic carbocycles. The molecule has 0 atom stereocenters. The van der Waals surface area contributed by atoms with Crippen molar-refractivity contribution in [3.63, 3.8) is 0 Å². The summed E-state index contributed by atoms with van der Waals surface area (Å²) in [5.41, 5.74) is 1.22. The van der Waals surface area contributed by atoms with E-state index >= 15 is 0 Å². The molecule has 1 N–H and O–H groups in total. The lowest BCUT2D eigenvalue weighted by molar-refractivity contribution is 0.673. The molecule has 2 aromatic heterocycles. The summed E-state index contributed by atoms with van der Waals surface area (Å²) in [4.78, 5) is 5.56. The monoisotopic (exact) mass is 262 g/mol. The van der Waals surface area contributed by atoms with Crippen molar-refractivity contribution in [2.75, 3.05) is 6.54 Å². The zero-order valence-corrected chi connectivity index (χ0v) is 11.6. The van der Waals surface area contributed by atoms with Gasteiger partial charge in [-0.25, -0.2) is 4.98 Å². The highest BCUT2D eigenvalue weighted by atomic mass is 32.2. The number of rotatable bonds is 6. The van der Waals surface area contributed by atoms with E-state index in [2.05, 4.69) is 34.5 Å². The Kier molecular flexibility index (Phi) is 4.78. The second-order valence-corrected chi connectivity index (χ2v) is 5.23. The van der Waals surface area contributed by atoms with Crippen molar-refractivity contribution < 1.29 is 0 Å². The predicted octanol–water partition coefficient (Wildman–Crippen LogP) is 2.47. The van der Waals surface area contributed by atoms with Gasteiger partial charge in [0.1, 0.15) is 5.03 Å². The fourth-order valence-electron chi connectivity index (χ4n) is 1.56. The van der Waals surface area contributed by atoms with Gasteiger partial charge in [0, 0.05) is 26.0 Å². The molecule has 0 amide bonds. The number of aromatic nitrogens is 3. The molecule has 0 aliphatic heterocycles. The van der Waals surface area contributed by atoms with E-state index in [1.807, 2.05) is 25.6 Å². The van der Waals surface area contributed by atoms with Crippen LogP contribution in [0.2, 0.25) is 0 Å². The average molecular weight is 262 g/mol. The molecule has 0 unspecified atom stereocenters. The van der Waals surface area contributed by atoms with Gasteiger partial charge in [0.25, 0.3) is 0 Å². The molecule has 0 fully saturated rings. The van der Waals surface area contributed by atoms with E-state index in [0.717, 1.165) is 29.4 Å². The maximum atomic E-state index is 4.45. The molecule has 96 valence electrons. The van der Waals surface area contributed by atoms with Crippen LogP contribution in [0.3, 0.4) is 0 Å². The van der Waals surface area contributed by atoms with Crippen LogP contribution in [0.5, 0.6) is 0 Å². The number of nitrogens with one attached hydrogen (secondary N) is 1. The summed E-state index contributed by atoms with van der Waals surface area (Å²) >= 11 is 1.63. The van der Waals surface area contributed by atoms with Crippen molar-refractivity contribution in [1.82, 2.24) is 20.1 Å². The van der Waals surface area contributed by atoms with Crippen LogP contribution in [0.15, 0.2) is 40.6 Å². The SMILES string of the molecule is CCCNCc1ccc(Sc2cnn(C)c2)nc1. The van der Waals surface area contributed by atoms with Crippen molar-refractivity contribution in [1.29, 1.82) is 0 Å². The Balaban J connectivity index is 1.91. The maximum absolute atomic E-state index is 4.45. The summed E-state index contributed by atoms with van der Waals surface area (Å²) < 4.78 is 1.80. The first-order chi connectivity index (χ1) is 8.78. The van der Waals surface area contributed by atoms with Crippen LogP contribution < -0.4 is 5.32 Å². The third kappa shape index (κ3) is 3.85. The van der Waals surface area contributed by atoms with E-state index in [4.69, 9.17) is 0 Å². The minimum absolute atomic E-state index is 0.888. The molecule has 0 aliphatic carbocycles. The van der Waals surface area contributed by atoms with E-state index in [0.29, 0.717) is 0 Å². The Bertz CT molecular complexity index is 478. The maximum Gasteiger partial charge on any atom is 0.101 e. The number of aryl methyl sites for hydroxylation is 1. The normalized spacial score (nSPS) is 10.8. The highest BCUT2D eigenvalue weighted by Crippen LogP contribution is 2.24. The van der Waals surface area contributed by atoms with Crippen molar-refractivity contribution in [2.24, 2.45) is 7.05 Å². The van der Waals surface area contributed by atoms with Gasteiger partial charge in [-0.3, -0.25) is 4.68 Å². The molecule has 0 aliphatic rings. The summed E-state index contributed by atoms with van der Waals surface area (Å²) in [6.45, 7) is 4.10. The first-order valence-corrected chi connectivity index (χ1v) is 6.91. The first kappa shape index (κ1) is 13.1. The van der Waals surface area contributed by atoms with E-state index in [9.17, 15) is 0 Å². The molecule has 0 saturated heterocycles. The summed E-state index contributed by atoms with van der Waals surface area (Å²) in [7, 11) is 1.92. The van der Waals surface area contributed by atoms with E-state index in [1.54, 1.807) is 16.4 Å². The molecule has 18 heavy (non-hydrogen) atoms. The number of hydrogen-bond donors (Lipinski definition) is 1. The molecule has 2 rings (SSSR count). The van der Waals surface area contributed by atoms with Gasteiger partial charge in [-0.1, -0.05) is 24.8 Å². The average Bonchev–Trinajstić information content (AvgIpc) is 2.77. The molecule has 4 nitrogen and oxygen atoms in total. The first-order valence-electron chi connectivity index (χ1n) is 6.10. The molecule has 5 heteroatoms. The predicted molar refractivity (Wildman–Crippen MR) is 73.6 cm³/mol. The number of nitrogens with zero attached hydrogens (tertiary/aromatic N) is 3. The van der Waals surface area contributed by atoms with Crippen LogP contribution in [0.1, 0.15) is 18.9 Å². The third-order valence-electron chi connectivity index (χ3n) is 2.46. The van der Waals surface area contributed by atoms with E-state index in [1.165, 1.54) is 5.56 Å². The summed E-state index contributed by atoms with van der Waals surface area (Å²) in [6.07, 6.45) is 6.93. The van der Waals surface area contributed by atoms with Crippen molar-refractivity contribution >= 4 is 11.8 Å². The van der Waals surface area contributed by atoms with Crippen LogP contribution in [0, 0.1) is 0 Å². The molecular weight excluding hydrogens is 244 g/mol. The van der Waals surface area contributed by atoms with Gasteiger partial charge in [-0.05, 0) is 24.6 Å². The molecule has 0 bridgehead atoms. The minimum Gasteiger partial charge on any atom is -0.313 e. The zero-order chi connectivity index (χ0) is 12.8. The summed E-state index contributed by atoms with van der Waals surface area (Å²) in [5, 5.41) is 8.50. The van der Waals surface area contributed by atoms with Gasteiger partial charge in [-0.15, -0.1) is 0 Å². The second-order valence-electron chi connectivity index (χ2n) is 4.13. The smallest absolute Gasteiger partial charge is 0.101 e. The Morgan fingerprint density at radius 3 is 2.83 bits per heavy atom. The van der Waals surface area contributed by atoms with Gasteiger partial charge in [0.2, 0.25) is 0 Å². The van der Waals surface area contributed by atoms with Crippen LogP contribution in [-0.4, -0.2) is 21.3 Å². The van der Waals surface area contributed by atoms with Crippen LogP contribution in [0.4, 0.5) is 0 Å². The minimum atomic E-state index is 0.888. The van der Waals surface area contributed by atoms with Gasteiger partial charge in [0.15, 0.2) is 0 Å². The fourth-order valence-corrected chi connectivity index (χ4v) is 2.35. The highest BCUT2D eigenvalue weighted by Gasteiger charge is 2.01. The number of hydrogen-bond acceptors (Lipinski definition) is 4. The molecule has 0 saturated carbocycles. The number of pyridine rings is 1. The van der Waals surface area contributed by atoms with Crippen molar-refractivity contribution in [3.8, 4) is 0 Å². The Morgan fingerprint density at radius 2 is 2.22 bits per heavy atom. The molecule has 2 heterocycles. The van der Waals surface area contributed by atoms with Gasteiger partial charge in [0.05, 0.1) is 11.1 Å². The Hall–Kier alpha value is -1.33. The Labute approximate surface area is 112 Å². The van der Waals surface area contributed by atoms with E-state index in [-0.39, 0.29) is 0 Å². The topological polar surface area (TPSA) is 42.7 Å². The molecule has 2 aromatic rings. The fraction of sp³-hybridized carbons (Fsp3) is 0.385. The van der Waals surface area contributed by atoms with Crippen LogP contribution >= 0.6 is 11.8 Å². The van der Waals surface area contributed by atoms with Gasteiger partial charge in [-0.2, -0.15) is 5.10 Å². The Morgan fingerprint density at radius 1 is 1.33 bits per heavy atom. The van der Waals surface area contributed by atoms with Gasteiger partial charge >= 0.3 is 0 Å². The second kappa shape index (κ2) is 6.56. The standard InChI is InChI=1S/C13H18N4S/c1-3-6-14-7-11-4-5-13(15-8-11)18-12-9-16-17(2)10-12/h4-5,8-10,14H,3,6-7H2,1-2H3. The molecule has 0 radical (unpaired) electrons. The quantitative estimate of drug-likeness (QED) is 0.812. The lowest BCUT2D eigenvalue weighted by atomic mass is 10.3. The van der Waals surface area contributed by atoms with Crippen LogP contribution in [-0.2, 0) is 13.6 Å². The lowest BCUT2D eigenvalue weighted by Gasteiger charge is -2.03.